The molecular weight excluding hydrogens is 396 g/mol. The third-order valence-corrected chi connectivity index (χ3v) is 7.75. The number of benzene rings is 2. The fourth-order valence-electron chi connectivity index (χ4n) is 3.75. The number of sulfonamides is 1. The van der Waals surface area contributed by atoms with Crippen LogP contribution in [-0.4, -0.2) is 38.3 Å². The lowest BCUT2D eigenvalue weighted by Gasteiger charge is -2.18. The molecule has 1 saturated heterocycles. The number of hydrogen-bond donors (Lipinski definition) is 1. The topological polar surface area (TPSA) is 66.5 Å². The zero-order valence-electron chi connectivity index (χ0n) is 18.1. The lowest BCUT2D eigenvalue weighted by Crippen LogP contribution is -2.29. The molecular formula is C24H32N2O3S. The van der Waals surface area contributed by atoms with Gasteiger partial charge in [0, 0.05) is 25.2 Å². The average molecular weight is 429 g/mol. The summed E-state index contributed by atoms with van der Waals surface area (Å²) in [6.45, 7) is 7.78. The van der Waals surface area contributed by atoms with E-state index in [4.69, 9.17) is 0 Å². The van der Waals surface area contributed by atoms with Crippen molar-refractivity contribution in [1.29, 1.82) is 0 Å². The van der Waals surface area contributed by atoms with Gasteiger partial charge in [0.15, 0.2) is 0 Å². The molecule has 1 aliphatic heterocycles. The molecule has 1 N–H and O–H groups in total. The third-order valence-electron chi connectivity index (χ3n) is 5.71. The minimum Gasteiger partial charge on any atom is -0.352 e. The van der Waals surface area contributed by atoms with Crippen LogP contribution in [0.3, 0.4) is 0 Å². The van der Waals surface area contributed by atoms with Crippen LogP contribution in [0.1, 0.15) is 66.1 Å². The van der Waals surface area contributed by atoms with Gasteiger partial charge in [0.1, 0.15) is 0 Å². The molecule has 0 unspecified atom stereocenters. The first-order chi connectivity index (χ1) is 14.3. The van der Waals surface area contributed by atoms with Gasteiger partial charge in [-0.2, -0.15) is 4.31 Å². The van der Waals surface area contributed by atoms with Gasteiger partial charge in [-0.25, -0.2) is 8.42 Å². The van der Waals surface area contributed by atoms with E-state index in [9.17, 15) is 13.2 Å². The van der Waals surface area contributed by atoms with E-state index in [0.29, 0.717) is 36.7 Å². The summed E-state index contributed by atoms with van der Waals surface area (Å²) < 4.78 is 27.3. The molecule has 162 valence electrons. The molecule has 0 aliphatic carbocycles. The van der Waals surface area contributed by atoms with Gasteiger partial charge in [-0.1, -0.05) is 44.2 Å². The van der Waals surface area contributed by atoms with Crippen LogP contribution in [0.2, 0.25) is 0 Å². The lowest BCUT2D eigenvalue weighted by atomic mass is 10.0. The molecule has 0 atom stereocenters. The van der Waals surface area contributed by atoms with Crippen LogP contribution in [0.15, 0.2) is 47.4 Å². The van der Waals surface area contributed by atoms with Gasteiger partial charge < -0.3 is 5.32 Å². The smallest absolute Gasteiger partial charge is 0.251 e. The molecule has 30 heavy (non-hydrogen) atoms. The second kappa shape index (κ2) is 9.75. The fraction of sp³-hybridized carbons (Fsp3) is 0.458. The SMILES string of the molecule is Cc1ccc(C(=O)NCCCc2ccc(C(C)C)cc2)cc1S(=O)(=O)N1CCCC1. The molecule has 1 fully saturated rings. The second-order valence-corrected chi connectivity index (χ2v) is 10.3. The highest BCUT2D eigenvalue weighted by Crippen LogP contribution is 2.24. The van der Waals surface area contributed by atoms with Gasteiger partial charge in [-0.05, 0) is 67.3 Å². The zero-order chi connectivity index (χ0) is 21.7. The Bertz CT molecular complexity index is 976. The molecule has 1 heterocycles. The minimum atomic E-state index is -3.54. The lowest BCUT2D eigenvalue weighted by molar-refractivity contribution is 0.0953. The Labute approximate surface area is 180 Å². The number of nitrogens with zero attached hydrogens (tertiary/aromatic N) is 1. The maximum absolute atomic E-state index is 12.9. The van der Waals surface area contributed by atoms with Crippen molar-refractivity contribution in [2.45, 2.75) is 57.3 Å². The summed E-state index contributed by atoms with van der Waals surface area (Å²) in [6, 6.07) is 13.5. The number of hydrogen-bond acceptors (Lipinski definition) is 3. The van der Waals surface area contributed by atoms with E-state index in [1.54, 1.807) is 19.1 Å². The van der Waals surface area contributed by atoms with Crippen LogP contribution in [0.5, 0.6) is 0 Å². The van der Waals surface area contributed by atoms with E-state index in [-0.39, 0.29) is 10.8 Å². The third kappa shape index (κ3) is 5.29. The van der Waals surface area contributed by atoms with Crippen molar-refractivity contribution in [1.82, 2.24) is 9.62 Å². The number of amides is 1. The maximum Gasteiger partial charge on any atom is 0.251 e. The molecule has 6 heteroatoms. The van der Waals surface area contributed by atoms with Gasteiger partial charge in [0.2, 0.25) is 10.0 Å². The predicted molar refractivity (Wildman–Crippen MR) is 120 cm³/mol. The highest BCUT2D eigenvalue weighted by Gasteiger charge is 2.29. The van der Waals surface area contributed by atoms with E-state index in [0.717, 1.165) is 25.7 Å². The molecule has 0 bridgehead atoms. The number of aryl methyl sites for hydroxylation is 2. The summed E-state index contributed by atoms with van der Waals surface area (Å²) in [6.07, 6.45) is 3.50. The first-order valence-corrected chi connectivity index (χ1v) is 12.2. The van der Waals surface area contributed by atoms with Gasteiger partial charge in [0.05, 0.1) is 4.90 Å². The molecule has 0 radical (unpaired) electrons. The zero-order valence-corrected chi connectivity index (χ0v) is 19.0. The predicted octanol–water partition coefficient (Wildman–Crippen LogP) is 4.27. The first kappa shape index (κ1) is 22.5. The highest BCUT2D eigenvalue weighted by molar-refractivity contribution is 7.89. The standard InChI is InChI=1S/C24H32N2O3S/c1-18(2)21-12-9-20(10-13-21)7-6-14-25-24(27)22-11-8-19(3)23(17-22)30(28,29)26-15-4-5-16-26/h8-13,17-18H,4-7,14-16H2,1-3H3,(H,25,27). The van der Waals surface area contributed by atoms with E-state index in [1.807, 2.05) is 0 Å². The van der Waals surface area contributed by atoms with E-state index < -0.39 is 10.0 Å². The molecule has 5 nitrogen and oxygen atoms in total. The number of carbonyl (C=O) groups excluding carboxylic acids is 1. The Balaban J connectivity index is 1.58. The largest absolute Gasteiger partial charge is 0.352 e. The minimum absolute atomic E-state index is 0.233. The second-order valence-electron chi connectivity index (χ2n) is 8.35. The summed E-state index contributed by atoms with van der Waals surface area (Å²) in [4.78, 5) is 12.8. The van der Waals surface area contributed by atoms with Crippen LogP contribution in [0.25, 0.3) is 0 Å². The quantitative estimate of drug-likeness (QED) is 0.639. The number of carbonyl (C=O) groups is 1. The van der Waals surface area contributed by atoms with Crippen LogP contribution in [0, 0.1) is 6.92 Å². The monoisotopic (exact) mass is 428 g/mol. The molecule has 3 rings (SSSR count). The summed E-state index contributed by atoms with van der Waals surface area (Å²) in [5.74, 6) is 0.287. The summed E-state index contributed by atoms with van der Waals surface area (Å²) in [5, 5.41) is 2.92. The van der Waals surface area contributed by atoms with Crippen LogP contribution < -0.4 is 5.32 Å². The van der Waals surface area contributed by atoms with Gasteiger partial charge in [0.25, 0.3) is 5.91 Å². The van der Waals surface area contributed by atoms with Gasteiger partial charge in [-0.3, -0.25) is 4.79 Å². The highest BCUT2D eigenvalue weighted by atomic mass is 32.2. The normalized spacial score (nSPS) is 14.9. The van der Waals surface area contributed by atoms with Gasteiger partial charge >= 0.3 is 0 Å². The van der Waals surface area contributed by atoms with E-state index >= 15 is 0 Å². The van der Waals surface area contributed by atoms with Crippen LogP contribution in [-0.2, 0) is 16.4 Å². The molecule has 1 aliphatic rings. The maximum atomic E-state index is 12.9. The first-order valence-electron chi connectivity index (χ1n) is 10.8. The van der Waals surface area contributed by atoms with Crippen molar-refractivity contribution < 1.29 is 13.2 Å². The van der Waals surface area contributed by atoms with Crippen molar-refractivity contribution in [3.63, 3.8) is 0 Å². The average Bonchev–Trinajstić information content (AvgIpc) is 3.27. The van der Waals surface area contributed by atoms with Crippen LogP contribution in [0.4, 0.5) is 0 Å². The molecule has 0 spiro atoms. The van der Waals surface area contributed by atoms with Crippen molar-refractivity contribution in [2.24, 2.45) is 0 Å². The molecule has 2 aromatic carbocycles. The summed E-state index contributed by atoms with van der Waals surface area (Å²) >= 11 is 0. The Morgan fingerprint density at radius 2 is 1.73 bits per heavy atom. The Morgan fingerprint density at radius 3 is 2.37 bits per heavy atom. The van der Waals surface area contributed by atoms with E-state index in [1.165, 1.54) is 21.5 Å². The van der Waals surface area contributed by atoms with Crippen LogP contribution >= 0.6 is 0 Å². The van der Waals surface area contributed by atoms with Crippen molar-refractivity contribution >= 4 is 15.9 Å². The number of nitrogens with one attached hydrogen (secondary N) is 1. The Morgan fingerprint density at radius 1 is 1.07 bits per heavy atom. The van der Waals surface area contributed by atoms with Crippen molar-refractivity contribution in [2.75, 3.05) is 19.6 Å². The Kier molecular flexibility index (Phi) is 7.32. The van der Waals surface area contributed by atoms with Gasteiger partial charge in [-0.15, -0.1) is 0 Å². The number of rotatable bonds is 8. The van der Waals surface area contributed by atoms with Crippen molar-refractivity contribution in [3.8, 4) is 0 Å². The van der Waals surface area contributed by atoms with E-state index in [2.05, 4.69) is 43.4 Å². The molecule has 1 amide bonds. The molecule has 0 aromatic heterocycles. The molecule has 2 aromatic rings. The Hall–Kier alpha value is -2.18. The van der Waals surface area contributed by atoms with Crippen molar-refractivity contribution in [3.05, 3.63) is 64.7 Å². The molecule has 0 saturated carbocycles. The summed E-state index contributed by atoms with van der Waals surface area (Å²) in [5.41, 5.74) is 3.64. The summed E-state index contributed by atoms with van der Waals surface area (Å²) in [7, 11) is -3.54. The fourth-order valence-corrected chi connectivity index (χ4v) is 5.52.